The molecule has 0 aliphatic carbocycles. The Morgan fingerprint density at radius 1 is 1.10 bits per heavy atom. The summed E-state index contributed by atoms with van der Waals surface area (Å²) in [6, 6.07) is 7.17. The second-order valence-corrected chi connectivity index (χ2v) is 4.97. The van der Waals surface area contributed by atoms with E-state index in [4.69, 9.17) is 27.9 Å². The van der Waals surface area contributed by atoms with Crippen molar-refractivity contribution in [2.75, 3.05) is 19.0 Å². The van der Waals surface area contributed by atoms with Gasteiger partial charge in [-0.3, -0.25) is 0 Å². The predicted octanol–water partition coefficient (Wildman–Crippen LogP) is 4.03. The molecule has 0 atom stereocenters. The van der Waals surface area contributed by atoms with E-state index in [9.17, 15) is 0 Å². The summed E-state index contributed by atoms with van der Waals surface area (Å²) in [5.74, 6) is 1.34. The molecular formula is C14H15Cl2N3O. The maximum absolute atomic E-state index is 6.03. The SMILES string of the molecule is CCOCc1nc(NC)cc(-c2cc(Cl)cc(Cl)c2)n1. The van der Waals surface area contributed by atoms with Crippen molar-refractivity contribution < 1.29 is 4.74 Å². The van der Waals surface area contributed by atoms with Gasteiger partial charge in [0.15, 0.2) is 5.82 Å². The normalized spacial score (nSPS) is 10.6. The molecule has 0 amide bonds. The highest BCUT2D eigenvalue weighted by atomic mass is 35.5. The van der Waals surface area contributed by atoms with Crippen molar-refractivity contribution in [2.45, 2.75) is 13.5 Å². The molecule has 1 aromatic heterocycles. The molecule has 6 heteroatoms. The van der Waals surface area contributed by atoms with E-state index < -0.39 is 0 Å². The fourth-order valence-electron chi connectivity index (χ4n) is 1.73. The number of aromatic nitrogens is 2. The minimum Gasteiger partial charge on any atom is -0.374 e. The third-order valence-electron chi connectivity index (χ3n) is 2.62. The van der Waals surface area contributed by atoms with E-state index in [1.54, 1.807) is 6.07 Å². The van der Waals surface area contributed by atoms with E-state index in [2.05, 4.69) is 15.3 Å². The molecule has 0 bridgehead atoms. The van der Waals surface area contributed by atoms with Crippen LogP contribution in [-0.2, 0) is 11.3 Å². The summed E-state index contributed by atoms with van der Waals surface area (Å²) in [7, 11) is 1.81. The summed E-state index contributed by atoms with van der Waals surface area (Å²) in [4.78, 5) is 8.82. The van der Waals surface area contributed by atoms with Gasteiger partial charge in [-0.1, -0.05) is 23.2 Å². The number of hydrogen-bond acceptors (Lipinski definition) is 4. The summed E-state index contributed by atoms with van der Waals surface area (Å²) in [6.07, 6.45) is 0. The van der Waals surface area contributed by atoms with Gasteiger partial charge in [-0.25, -0.2) is 9.97 Å². The van der Waals surface area contributed by atoms with Gasteiger partial charge in [-0.2, -0.15) is 0 Å². The molecule has 106 valence electrons. The number of rotatable bonds is 5. The van der Waals surface area contributed by atoms with E-state index in [1.165, 1.54) is 0 Å². The van der Waals surface area contributed by atoms with Crippen LogP contribution in [0.5, 0.6) is 0 Å². The maximum atomic E-state index is 6.03. The third kappa shape index (κ3) is 3.82. The number of ether oxygens (including phenoxy) is 1. The predicted molar refractivity (Wildman–Crippen MR) is 82.4 cm³/mol. The van der Waals surface area contributed by atoms with E-state index in [0.717, 1.165) is 17.1 Å². The summed E-state index contributed by atoms with van der Waals surface area (Å²) < 4.78 is 5.35. The van der Waals surface area contributed by atoms with Crippen LogP contribution >= 0.6 is 23.2 Å². The standard InChI is InChI=1S/C14H15Cl2N3O/c1-3-20-8-14-18-12(7-13(17-2)19-14)9-4-10(15)6-11(16)5-9/h4-7H,3,8H2,1-2H3,(H,17,18,19). The van der Waals surface area contributed by atoms with Crippen LogP contribution in [0.4, 0.5) is 5.82 Å². The van der Waals surface area contributed by atoms with Crippen molar-refractivity contribution in [1.82, 2.24) is 9.97 Å². The van der Waals surface area contributed by atoms with Crippen molar-refractivity contribution in [3.8, 4) is 11.3 Å². The summed E-state index contributed by atoms with van der Waals surface area (Å²) in [6.45, 7) is 2.92. The molecule has 1 aromatic carbocycles. The Bertz CT molecular complexity index is 585. The topological polar surface area (TPSA) is 47.0 Å². The molecule has 0 fully saturated rings. The van der Waals surface area contributed by atoms with Crippen LogP contribution in [0.3, 0.4) is 0 Å². The maximum Gasteiger partial charge on any atom is 0.157 e. The Labute approximate surface area is 128 Å². The number of halogens is 2. The lowest BCUT2D eigenvalue weighted by atomic mass is 10.1. The van der Waals surface area contributed by atoms with Crippen molar-refractivity contribution in [1.29, 1.82) is 0 Å². The third-order valence-corrected chi connectivity index (χ3v) is 3.06. The van der Waals surface area contributed by atoms with Gasteiger partial charge in [0.2, 0.25) is 0 Å². The molecule has 0 aliphatic heterocycles. The number of nitrogens with one attached hydrogen (secondary N) is 1. The van der Waals surface area contributed by atoms with Gasteiger partial charge in [0, 0.05) is 35.3 Å². The van der Waals surface area contributed by atoms with E-state index in [1.807, 2.05) is 32.2 Å². The molecule has 0 saturated heterocycles. The molecule has 0 radical (unpaired) electrons. The molecule has 0 unspecified atom stereocenters. The van der Waals surface area contributed by atoms with E-state index in [-0.39, 0.29) is 0 Å². The lowest BCUT2D eigenvalue weighted by molar-refractivity contribution is 0.128. The van der Waals surface area contributed by atoms with Crippen LogP contribution in [0.2, 0.25) is 10.0 Å². The number of anilines is 1. The van der Waals surface area contributed by atoms with Crippen molar-refractivity contribution in [3.63, 3.8) is 0 Å². The molecule has 1 heterocycles. The minimum atomic E-state index is 0.368. The first kappa shape index (κ1) is 15.0. The zero-order valence-corrected chi connectivity index (χ0v) is 12.8. The van der Waals surface area contributed by atoms with Crippen LogP contribution in [0.15, 0.2) is 24.3 Å². The van der Waals surface area contributed by atoms with Gasteiger partial charge in [-0.05, 0) is 25.1 Å². The van der Waals surface area contributed by atoms with Gasteiger partial charge in [0.05, 0.1) is 5.69 Å². The highest BCUT2D eigenvalue weighted by Crippen LogP contribution is 2.27. The summed E-state index contributed by atoms with van der Waals surface area (Å²) >= 11 is 12.1. The average molecular weight is 312 g/mol. The van der Waals surface area contributed by atoms with E-state index in [0.29, 0.717) is 29.1 Å². The Morgan fingerprint density at radius 3 is 2.40 bits per heavy atom. The first-order chi connectivity index (χ1) is 9.62. The van der Waals surface area contributed by atoms with Gasteiger partial charge in [0.25, 0.3) is 0 Å². The Balaban J connectivity index is 2.43. The van der Waals surface area contributed by atoms with Crippen LogP contribution in [0, 0.1) is 0 Å². The quantitative estimate of drug-likeness (QED) is 0.905. The number of hydrogen-bond donors (Lipinski definition) is 1. The number of nitrogens with zero attached hydrogens (tertiary/aromatic N) is 2. The van der Waals surface area contributed by atoms with Gasteiger partial charge < -0.3 is 10.1 Å². The lowest BCUT2D eigenvalue weighted by Crippen LogP contribution is -2.04. The molecule has 4 nitrogen and oxygen atoms in total. The van der Waals surface area contributed by atoms with Crippen LogP contribution in [0.25, 0.3) is 11.3 Å². The molecule has 0 spiro atoms. The molecule has 2 rings (SSSR count). The van der Waals surface area contributed by atoms with Crippen molar-refractivity contribution in [3.05, 3.63) is 40.1 Å². The lowest BCUT2D eigenvalue weighted by Gasteiger charge is -2.09. The van der Waals surface area contributed by atoms with Crippen molar-refractivity contribution >= 4 is 29.0 Å². The zero-order chi connectivity index (χ0) is 14.5. The highest BCUT2D eigenvalue weighted by molar-refractivity contribution is 6.35. The van der Waals surface area contributed by atoms with Crippen LogP contribution < -0.4 is 5.32 Å². The zero-order valence-electron chi connectivity index (χ0n) is 11.3. The van der Waals surface area contributed by atoms with E-state index >= 15 is 0 Å². The fourth-order valence-corrected chi connectivity index (χ4v) is 2.26. The monoisotopic (exact) mass is 311 g/mol. The van der Waals surface area contributed by atoms with Gasteiger partial charge >= 0.3 is 0 Å². The molecule has 0 aliphatic rings. The molecule has 1 N–H and O–H groups in total. The van der Waals surface area contributed by atoms with Crippen LogP contribution in [-0.4, -0.2) is 23.6 Å². The number of benzene rings is 1. The fraction of sp³-hybridized carbons (Fsp3) is 0.286. The molecular weight excluding hydrogens is 297 g/mol. The molecule has 20 heavy (non-hydrogen) atoms. The van der Waals surface area contributed by atoms with Gasteiger partial charge in [-0.15, -0.1) is 0 Å². The van der Waals surface area contributed by atoms with Gasteiger partial charge in [0.1, 0.15) is 12.4 Å². The van der Waals surface area contributed by atoms with Crippen LogP contribution in [0.1, 0.15) is 12.7 Å². The second-order valence-electron chi connectivity index (χ2n) is 4.10. The Hall–Kier alpha value is -1.36. The first-order valence-corrected chi connectivity index (χ1v) is 6.98. The Morgan fingerprint density at radius 2 is 1.80 bits per heavy atom. The molecule has 0 saturated carbocycles. The molecule has 2 aromatic rings. The highest BCUT2D eigenvalue weighted by Gasteiger charge is 2.08. The average Bonchev–Trinajstić information content (AvgIpc) is 2.43. The smallest absolute Gasteiger partial charge is 0.157 e. The largest absolute Gasteiger partial charge is 0.374 e. The minimum absolute atomic E-state index is 0.368. The second kappa shape index (κ2) is 6.88. The van der Waals surface area contributed by atoms with Crippen molar-refractivity contribution in [2.24, 2.45) is 0 Å². The summed E-state index contributed by atoms with van der Waals surface area (Å²) in [5, 5.41) is 4.16. The Kier molecular flexibility index (Phi) is 5.17. The first-order valence-electron chi connectivity index (χ1n) is 6.22. The summed E-state index contributed by atoms with van der Waals surface area (Å²) in [5.41, 5.74) is 1.60.